The fourth-order valence-corrected chi connectivity index (χ4v) is 5.39. The van der Waals surface area contributed by atoms with E-state index in [4.69, 9.17) is 32.9 Å². The molecule has 2 heterocycles. The van der Waals surface area contributed by atoms with Crippen LogP contribution in [0.2, 0.25) is 5.02 Å². The lowest BCUT2D eigenvalue weighted by molar-refractivity contribution is 0.100. The average molecular weight is 538 g/mol. The van der Waals surface area contributed by atoms with Crippen molar-refractivity contribution < 1.29 is 14.6 Å². The number of aromatic nitrogens is 2. The van der Waals surface area contributed by atoms with Gasteiger partial charge in [-0.2, -0.15) is 5.26 Å². The minimum atomic E-state index is -0.782. The Morgan fingerprint density at radius 1 is 1.14 bits per heavy atom. The molecule has 0 atom stereocenters. The zero-order chi connectivity index (χ0) is 25.7. The number of rotatable bonds is 9. The number of nitriles is 1. The van der Waals surface area contributed by atoms with Gasteiger partial charge in [-0.15, -0.1) is 11.3 Å². The Hall–Kier alpha value is -3.62. The first-order chi connectivity index (χ1) is 17.4. The van der Waals surface area contributed by atoms with Crippen LogP contribution in [0.5, 0.6) is 5.75 Å². The van der Waals surface area contributed by atoms with Crippen LogP contribution in [0.3, 0.4) is 0 Å². The Morgan fingerprint density at radius 2 is 1.83 bits per heavy atom. The van der Waals surface area contributed by atoms with Crippen molar-refractivity contribution >= 4 is 46.4 Å². The number of nitrogen functional groups attached to an aromatic ring is 1. The number of thiazole rings is 1. The number of carbonyl (C=O) groups is 1. The molecule has 0 radical (unpaired) electrons. The van der Waals surface area contributed by atoms with E-state index in [0.717, 1.165) is 16.3 Å². The first-order valence-corrected chi connectivity index (χ1v) is 12.9. The van der Waals surface area contributed by atoms with Crippen LogP contribution in [0, 0.1) is 11.3 Å². The van der Waals surface area contributed by atoms with Crippen molar-refractivity contribution in [2.24, 2.45) is 5.73 Å². The summed E-state index contributed by atoms with van der Waals surface area (Å²) >= 11 is 8.77. The summed E-state index contributed by atoms with van der Waals surface area (Å²) in [6.45, 7) is 0.0302. The predicted molar refractivity (Wildman–Crippen MR) is 142 cm³/mol. The van der Waals surface area contributed by atoms with Gasteiger partial charge in [0, 0.05) is 27.3 Å². The number of aliphatic hydroxyl groups is 1. The second-order valence-electron chi connectivity index (χ2n) is 7.44. The molecular formula is C25H20ClN5O3S2. The molecule has 0 saturated carbocycles. The molecule has 4 aromatic rings. The first-order valence-electron chi connectivity index (χ1n) is 10.6. The zero-order valence-corrected chi connectivity index (χ0v) is 21.2. The molecule has 4 rings (SSSR count). The molecule has 8 nitrogen and oxygen atoms in total. The van der Waals surface area contributed by atoms with Crippen LogP contribution in [0.25, 0.3) is 21.7 Å². The lowest BCUT2D eigenvalue weighted by Crippen LogP contribution is -2.17. The fraction of sp³-hybridized carbons (Fsp3) is 0.120. The molecule has 0 aliphatic heterocycles. The molecule has 2 aromatic carbocycles. The number of nitrogens with zero attached hydrogens (tertiary/aromatic N) is 3. The highest BCUT2D eigenvalue weighted by atomic mass is 35.5. The largest absolute Gasteiger partial charge is 0.491 e. The maximum Gasteiger partial charge on any atom is 0.253 e. The topological polar surface area (TPSA) is 148 Å². The number of aliphatic hydroxyl groups excluding tert-OH is 1. The lowest BCUT2D eigenvalue weighted by Gasteiger charge is -2.15. The number of nitrogens with two attached hydrogens (primary N) is 2. The second-order valence-corrected chi connectivity index (χ2v) is 9.70. The maximum atomic E-state index is 12.3. The minimum Gasteiger partial charge on any atom is -0.491 e. The van der Waals surface area contributed by atoms with Gasteiger partial charge in [0.25, 0.3) is 5.91 Å². The van der Waals surface area contributed by atoms with Crippen molar-refractivity contribution in [1.82, 2.24) is 9.97 Å². The molecule has 0 aliphatic carbocycles. The number of hydrogen-bond acceptors (Lipinski definition) is 9. The summed E-state index contributed by atoms with van der Waals surface area (Å²) in [5.41, 5.74) is 14.6. The van der Waals surface area contributed by atoms with E-state index in [2.05, 4.69) is 16.0 Å². The van der Waals surface area contributed by atoms with Crippen molar-refractivity contribution in [2.45, 2.75) is 10.8 Å². The van der Waals surface area contributed by atoms with Gasteiger partial charge in [0.2, 0.25) is 0 Å². The van der Waals surface area contributed by atoms with Crippen LogP contribution in [0.15, 0.2) is 58.9 Å². The van der Waals surface area contributed by atoms with E-state index in [1.807, 2.05) is 29.6 Å². The molecule has 0 unspecified atom stereocenters. The number of pyridine rings is 1. The van der Waals surface area contributed by atoms with Crippen LogP contribution in [-0.2, 0) is 5.75 Å². The van der Waals surface area contributed by atoms with Crippen LogP contribution >= 0.6 is 34.7 Å². The third kappa shape index (κ3) is 5.61. The van der Waals surface area contributed by atoms with Crippen molar-refractivity contribution in [3.8, 4) is 33.5 Å². The van der Waals surface area contributed by atoms with Gasteiger partial charge >= 0.3 is 0 Å². The zero-order valence-electron chi connectivity index (χ0n) is 18.8. The number of anilines is 1. The number of thioether (sulfide) groups is 1. The Morgan fingerprint density at radius 3 is 2.47 bits per heavy atom. The lowest BCUT2D eigenvalue weighted by atomic mass is 9.96. The van der Waals surface area contributed by atoms with Gasteiger partial charge in [-0.1, -0.05) is 47.6 Å². The minimum absolute atomic E-state index is 0.0152. The monoisotopic (exact) mass is 537 g/mol. The molecule has 0 fully saturated rings. The smallest absolute Gasteiger partial charge is 0.253 e. The van der Waals surface area contributed by atoms with Crippen molar-refractivity contribution in [3.63, 3.8) is 0 Å². The van der Waals surface area contributed by atoms with Gasteiger partial charge in [-0.05, 0) is 29.8 Å². The summed E-state index contributed by atoms with van der Waals surface area (Å²) in [6, 6.07) is 16.3. The van der Waals surface area contributed by atoms with Crippen molar-refractivity contribution in [3.05, 3.63) is 75.8 Å². The SMILES string of the molecule is N#Cc1c(SCc2csc(-c3ccc(Cl)cc3)n2)nc(N)c(C(N)=O)c1-c1ccc(OCCO)cc1. The number of amides is 1. The van der Waals surface area contributed by atoms with E-state index >= 15 is 0 Å². The van der Waals surface area contributed by atoms with Gasteiger partial charge in [0.05, 0.1) is 23.4 Å². The highest BCUT2D eigenvalue weighted by molar-refractivity contribution is 7.98. The summed E-state index contributed by atoms with van der Waals surface area (Å²) in [6.07, 6.45) is 0. The van der Waals surface area contributed by atoms with E-state index in [-0.39, 0.29) is 30.2 Å². The second kappa shape index (κ2) is 11.4. The molecule has 36 heavy (non-hydrogen) atoms. The molecule has 0 spiro atoms. The highest BCUT2D eigenvalue weighted by Gasteiger charge is 2.24. The summed E-state index contributed by atoms with van der Waals surface area (Å²) in [7, 11) is 0. The van der Waals surface area contributed by atoms with Gasteiger partial charge in [0.1, 0.15) is 34.3 Å². The number of carbonyl (C=O) groups excluding carboxylic acids is 1. The van der Waals surface area contributed by atoms with Gasteiger partial charge in [-0.25, -0.2) is 9.97 Å². The molecule has 0 bridgehead atoms. The maximum absolute atomic E-state index is 12.3. The fourth-order valence-electron chi connectivity index (χ4n) is 3.45. The summed E-state index contributed by atoms with van der Waals surface area (Å²) < 4.78 is 5.39. The van der Waals surface area contributed by atoms with Crippen LogP contribution in [0.1, 0.15) is 21.6 Å². The Balaban J connectivity index is 1.66. The van der Waals surface area contributed by atoms with E-state index in [1.54, 1.807) is 24.3 Å². The van der Waals surface area contributed by atoms with Crippen molar-refractivity contribution in [2.75, 3.05) is 18.9 Å². The number of halogens is 1. The van der Waals surface area contributed by atoms with Crippen LogP contribution < -0.4 is 16.2 Å². The Labute approximate surface area is 220 Å². The standard InChI is InChI=1S/C25H20ClN5O3S2/c26-16-5-1-15(2-6-16)24-30-17(12-35-24)13-36-25-19(11-27)20(21(23(29)33)22(28)31-25)14-3-7-18(8-4-14)34-10-9-32/h1-8,12,32H,9-10,13H2,(H2,28,31)(H2,29,33). The van der Waals surface area contributed by atoms with E-state index in [0.29, 0.717) is 32.7 Å². The average Bonchev–Trinajstić information content (AvgIpc) is 3.35. The third-order valence-corrected chi connectivity index (χ3v) is 7.25. The first kappa shape index (κ1) is 25.5. The van der Waals surface area contributed by atoms with Crippen LogP contribution in [-0.4, -0.2) is 34.2 Å². The van der Waals surface area contributed by atoms with Gasteiger partial charge in [-0.3, -0.25) is 4.79 Å². The predicted octanol–water partition coefficient (Wildman–Crippen LogP) is 4.74. The van der Waals surface area contributed by atoms with E-state index < -0.39 is 5.91 Å². The van der Waals surface area contributed by atoms with Crippen molar-refractivity contribution in [1.29, 1.82) is 5.26 Å². The molecule has 2 aromatic heterocycles. The molecule has 0 aliphatic rings. The number of ether oxygens (including phenoxy) is 1. The van der Waals surface area contributed by atoms with Crippen LogP contribution in [0.4, 0.5) is 5.82 Å². The highest BCUT2D eigenvalue weighted by Crippen LogP contribution is 2.38. The van der Waals surface area contributed by atoms with Gasteiger partial charge in [0.15, 0.2) is 0 Å². The molecular weight excluding hydrogens is 518 g/mol. The number of benzene rings is 2. The summed E-state index contributed by atoms with van der Waals surface area (Å²) in [5.74, 6) is 0.133. The van der Waals surface area contributed by atoms with Gasteiger partial charge < -0.3 is 21.3 Å². The molecule has 11 heteroatoms. The number of primary amides is 1. The summed E-state index contributed by atoms with van der Waals surface area (Å²) in [5, 5.41) is 22.8. The quantitative estimate of drug-likeness (QED) is 0.259. The number of hydrogen-bond donors (Lipinski definition) is 3. The molecule has 5 N–H and O–H groups in total. The Kier molecular flexibility index (Phi) is 8.07. The molecule has 1 amide bonds. The summed E-state index contributed by atoms with van der Waals surface area (Å²) in [4.78, 5) is 21.3. The Bertz CT molecular complexity index is 1430. The van der Waals surface area contributed by atoms with E-state index in [1.165, 1.54) is 23.1 Å². The molecule has 0 saturated heterocycles. The third-order valence-electron chi connectivity index (χ3n) is 5.05. The molecule has 182 valence electrons. The van der Waals surface area contributed by atoms with E-state index in [9.17, 15) is 10.1 Å². The normalized spacial score (nSPS) is 10.7.